The van der Waals surface area contributed by atoms with Gasteiger partial charge in [0.1, 0.15) is 0 Å². The predicted molar refractivity (Wildman–Crippen MR) is 171 cm³/mol. The molecule has 1 heterocycles. The van der Waals surface area contributed by atoms with E-state index >= 15 is 0 Å². The summed E-state index contributed by atoms with van der Waals surface area (Å²) in [6.07, 6.45) is 1.60. The second kappa shape index (κ2) is 12.6. The van der Waals surface area contributed by atoms with Gasteiger partial charge in [-0.1, -0.05) is 76.6 Å². The highest BCUT2D eigenvalue weighted by Crippen LogP contribution is 2.29. The Morgan fingerprint density at radius 2 is 1.50 bits per heavy atom. The van der Waals surface area contributed by atoms with E-state index in [0.29, 0.717) is 0 Å². The van der Waals surface area contributed by atoms with Crippen LogP contribution in [0.15, 0.2) is 130 Å². The Labute approximate surface area is 254 Å². The molecule has 1 N–H and O–H groups in total. The number of hydrogen-bond donors (Lipinski definition) is 1. The van der Waals surface area contributed by atoms with Crippen molar-refractivity contribution >= 4 is 43.8 Å². The lowest BCUT2D eigenvalue weighted by Crippen LogP contribution is -2.33. The molecule has 212 valence electrons. The molecule has 1 aromatic heterocycles. The van der Waals surface area contributed by atoms with Crippen LogP contribution in [0.3, 0.4) is 0 Å². The Balaban J connectivity index is 1.44. The van der Waals surface area contributed by atoms with Crippen molar-refractivity contribution in [2.45, 2.75) is 25.3 Å². The maximum atomic E-state index is 13.9. The van der Waals surface area contributed by atoms with Crippen molar-refractivity contribution in [3.05, 3.63) is 148 Å². The van der Waals surface area contributed by atoms with Gasteiger partial charge in [0.2, 0.25) is 0 Å². The lowest BCUT2D eigenvalue weighted by atomic mass is 10.1. The van der Waals surface area contributed by atoms with Crippen LogP contribution >= 0.6 is 15.9 Å². The van der Waals surface area contributed by atoms with E-state index in [1.54, 1.807) is 60.8 Å². The van der Waals surface area contributed by atoms with Crippen LogP contribution < -0.4 is 9.73 Å². The normalized spacial score (nSPS) is 11.5. The number of aryl methyl sites for hydroxylation is 1. The number of nitrogens with zero attached hydrogens (tertiary/aromatic N) is 3. The first kappa shape index (κ1) is 29.0. The maximum absolute atomic E-state index is 13.9. The highest BCUT2D eigenvalue weighted by molar-refractivity contribution is 9.10. The number of nitrogens with one attached hydrogen (secondary N) is 1. The van der Waals surface area contributed by atoms with E-state index in [-0.39, 0.29) is 22.7 Å². The molecule has 0 aliphatic heterocycles. The SMILES string of the molecule is Cc1cc(/C=N\NC(=O)c2ccccc2N(Cc2ccccc2)S(=O)(=O)c2ccccc2)c(C)n1-c1ccc(Br)cc1. The Hall–Kier alpha value is -4.47. The molecule has 0 saturated carbocycles. The van der Waals surface area contributed by atoms with Crippen LogP contribution in [0.1, 0.15) is 32.9 Å². The molecule has 0 saturated heterocycles. The Morgan fingerprint density at radius 3 is 2.19 bits per heavy atom. The summed E-state index contributed by atoms with van der Waals surface area (Å²) >= 11 is 3.47. The van der Waals surface area contributed by atoms with Gasteiger partial charge >= 0.3 is 0 Å². The maximum Gasteiger partial charge on any atom is 0.273 e. The molecule has 0 fully saturated rings. The van der Waals surface area contributed by atoms with Crippen LogP contribution in [0.4, 0.5) is 5.69 Å². The van der Waals surface area contributed by atoms with Crippen LogP contribution in [-0.2, 0) is 16.6 Å². The van der Waals surface area contributed by atoms with Crippen molar-refractivity contribution in [3.63, 3.8) is 0 Å². The summed E-state index contributed by atoms with van der Waals surface area (Å²) in [6, 6.07) is 34.1. The zero-order valence-corrected chi connectivity index (χ0v) is 25.5. The summed E-state index contributed by atoms with van der Waals surface area (Å²) in [7, 11) is -4.00. The highest BCUT2D eigenvalue weighted by atomic mass is 79.9. The summed E-state index contributed by atoms with van der Waals surface area (Å²) in [5, 5.41) is 4.23. The van der Waals surface area contributed by atoms with Crippen molar-refractivity contribution in [2.24, 2.45) is 5.10 Å². The molecule has 0 spiro atoms. The van der Waals surface area contributed by atoms with E-state index in [0.717, 1.165) is 32.7 Å². The molecular formula is C33H29BrN4O3S. The van der Waals surface area contributed by atoms with Crippen molar-refractivity contribution in [2.75, 3.05) is 4.31 Å². The van der Waals surface area contributed by atoms with Gasteiger partial charge in [-0.15, -0.1) is 0 Å². The van der Waals surface area contributed by atoms with Gasteiger partial charge in [0.25, 0.3) is 15.9 Å². The average Bonchev–Trinajstić information content (AvgIpc) is 3.29. The monoisotopic (exact) mass is 640 g/mol. The van der Waals surface area contributed by atoms with Crippen LogP contribution in [0, 0.1) is 13.8 Å². The fourth-order valence-electron chi connectivity index (χ4n) is 4.78. The Kier molecular flexibility index (Phi) is 8.70. The number of benzene rings is 4. The standard InChI is InChI=1S/C33H29BrN4O3S/c1-24-21-27(25(2)38(24)29-19-17-28(34)18-20-29)22-35-36-33(39)31-15-9-10-16-32(31)37(23-26-11-5-3-6-12-26)42(40,41)30-13-7-4-8-14-30/h3-22H,23H2,1-2H3,(H,36,39)/b35-22-. The molecule has 0 aliphatic carbocycles. The third-order valence-corrected chi connectivity index (χ3v) is 9.15. The summed E-state index contributed by atoms with van der Waals surface area (Å²) in [4.78, 5) is 13.6. The number of para-hydroxylation sites is 1. The van der Waals surface area contributed by atoms with E-state index in [2.05, 4.69) is 31.0 Å². The minimum atomic E-state index is -4.00. The van der Waals surface area contributed by atoms with Gasteiger partial charge < -0.3 is 4.57 Å². The van der Waals surface area contributed by atoms with Gasteiger partial charge in [0, 0.05) is 27.1 Å². The molecule has 1 amide bonds. The average molecular weight is 642 g/mol. The summed E-state index contributed by atoms with van der Waals surface area (Å²) in [5.74, 6) is -0.523. The van der Waals surface area contributed by atoms with E-state index in [9.17, 15) is 13.2 Å². The molecule has 0 unspecified atom stereocenters. The number of anilines is 1. The highest BCUT2D eigenvalue weighted by Gasteiger charge is 2.28. The van der Waals surface area contributed by atoms with E-state index in [1.807, 2.05) is 74.5 Å². The number of halogens is 1. The molecular weight excluding hydrogens is 612 g/mol. The fraction of sp³-hybridized carbons (Fsp3) is 0.0909. The van der Waals surface area contributed by atoms with Gasteiger partial charge in [0.05, 0.1) is 28.9 Å². The number of amides is 1. The predicted octanol–water partition coefficient (Wildman–Crippen LogP) is 7.02. The van der Waals surface area contributed by atoms with Crippen molar-refractivity contribution in [1.29, 1.82) is 0 Å². The summed E-state index contributed by atoms with van der Waals surface area (Å²) in [6.45, 7) is 4.05. The number of rotatable bonds is 9. The van der Waals surface area contributed by atoms with Crippen molar-refractivity contribution < 1.29 is 13.2 Å². The number of sulfonamides is 1. The molecule has 0 bridgehead atoms. The van der Waals surface area contributed by atoms with Crippen LogP contribution in [-0.4, -0.2) is 25.1 Å². The molecule has 42 heavy (non-hydrogen) atoms. The van der Waals surface area contributed by atoms with Crippen LogP contribution in [0.5, 0.6) is 0 Å². The smallest absolute Gasteiger partial charge is 0.273 e. The molecule has 0 aliphatic rings. The number of hydrogen-bond acceptors (Lipinski definition) is 4. The molecule has 5 rings (SSSR count). The van der Waals surface area contributed by atoms with Crippen molar-refractivity contribution in [3.8, 4) is 5.69 Å². The molecule has 5 aromatic rings. The lowest BCUT2D eigenvalue weighted by Gasteiger charge is -2.26. The largest absolute Gasteiger partial charge is 0.318 e. The van der Waals surface area contributed by atoms with Crippen LogP contribution in [0.25, 0.3) is 5.69 Å². The van der Waals surface area contributed by atoms with Gasteiger partial charge in [-0.2, -0.15) is 5.10 Å². The number of hydrazone groups is 1. The first-order valence-corrected chi connectivity index (χ1v) is 15.5. The quantitative estimate of drug-likeness (QED) is 0.139. The molecule has 9 heteroatoms. The minimum absolute atomic E-state index is 0.0493. The number of carbonyl (C=O) groups is 1. The second-order valence-electron chi connectivity index (χ2n) is 9.66. The van der Waals surface area contributed by atoms with E-state index in [4.69, 9.17) is 0 Å². The fourth-order valence-corrected chi connectivity index (χ4v) is 6.54. The van der Waals surface area contributed by atoms with E-state index < -0.39 is 15.9 Å². The third kappa shape index (κ3) is 6.22. The second-order valence-corrected chi connectivity index (χ2v) is 12.4. The summed E-state index contributed by atoms with van der Waals surface area (Å²) in [5.41, 5.74) is 7.68. The topological polar surface area (TPSA) is 83.8 Å². The lowest BCUT2D eigenvalue weighted by molar-refractivity contribution is 0.0955. The van der Waals surface area contributed by atoms with Gasteiger partial charge in [-0.05, 0) is 74.0 Å². The molecule has 4 aromatic carbocycles. The molecule has 0 radical (unpaired) electrons. The first-order valence-electron chi connectivity index (χ1n) is 13.2. The van der Waals surface area contributed by atoms with Gasteiger partial charge in [-0.3, -0.25) is 9.10 Å². The van der Waals surface area contributed by atoms with Gasteiger partial charge in [0.15, 0.2) is 0 Å². The number of carbonyl (C=O) groups excluding carboxylic acids is 1. The Morgan fingerprint density at radius 1 is 0.881 bits per heavy atom. The summed E-state index contributed by atoms with van der Waals surface area (Å²) < 4.78 is 32.1. The zero-order valence-electron chi connectivity index (χ0n) is 23.1. The molecule has 0 atom stereocenters. The Bertz CT molecular complexity index is 1840. The van der Waals surface area contributed by atoms with E-state index in [1.165, 1.54) is 4.31 Å². The molecule has 7 nitrogen and oxygen atoms in total. The van der Waals surface area contributed by atoms with Crippen molar-refractivity contribution in [1.82, 2.24) is 9.99 Å². The minimum Gasteiger partial charge on any atom is -0.318 e. The van der Waals surface area contributed by atoms with Crippen LogP contribution in [0.2, 0.25) is 0 Å². The van der Waals surface area contributed by atoms with Gasteiger partial charge in [-0.25, -0.2) is 13.8 Å². The zero-order chi connectivity index (χ0) is 29.7. The third-order valence-electron chi connectivity index (χ3n) is 6.84. The number of aromatic nitrogens is 1. The first-order chi connectivity index (χ1) is 20.3.